The van der Waals surface area contributed by atoms with Crippen LogP contribution in [-0.2, 0) is 16.0 Å². The molecule has 1 saturated heterocycles. The molecule has 1 aromatic rings. The van der Waals surface area contributed by atoms with Crippen LogP contribution in [0, 0.1) is 0 Å². The summed E-state index contributed by atoms with van der Waals surface area (Å²) in [6, 6.07) is 7.55. The van der Waals surface area contributed by atoms with Gasteiger partial charge in [0.25, 0.3) is 0 Å². The van der Waals surface area contributed by atoms with E-state index in [1.165, 1.54) is 12.8 Å². The van der Waals surface area contributed by atoms with Gasteiger partial charge in [-0.3, -0.25) is 4.79 Å². The van der Waals surface area contributed by atoms with Crippen LogP contribution < -0.4 is 10.6 Å². The molecule has 5 nitrogen and oxygen atoms in total. The molecule has 0 radical (unpaired) electrons. The number of anilines is 1. The van der Waals surface area contributed by atoms with Gasteiger partial charge < -0.3 is 20.3 Å². The lowest BCUT2D eigenvalue weighted by Crippen LogP contribution is -2.45. The minimum atomic E-state index is -0.603. The van der Waals surface area contributed by atoms with E-state index in [0.717, 1.165) is 31.7 Å². The average Bonchev–Trinajstić information content (AvgIpc) is 2.48. The molecule has 0 aliphatic carbocycles. The Bertz CT molecular complexity index is 456. The van der Waals surface area contributed by atoms with Crippen molar-refractivity contribution in [2.75, 3.05) is 45.2 Å². The maximum atomic E-state index is 11.5. The van der Waals surface area contributed by atoms with Gasteiger partial charge in [-0.05, 0) is 18.7 Å². The number of carbonyl (C=O) groups is 1. The Hall–Kier alpha value is -1.59. The molecule has 20 heavy (non-hydrogen) atoms. The van der Waals surface area contributed by atoms with Crippen molar-refractivity contribution in [3.8, 4) is 0 Å². The topological polar surface area (TPSA) is 58.8 Å². The van der Waals surface area contributed by atoms with E-state index in [4.69, 9.17) is 10.5 Å². The SMILES string of the molecule is COC(=O)C(N)Cc1ccccc1N1CCN(C)CC1. The number of nitrogens with zero attached hydrogens (tertiary/aromatic N) is 2. The number of likely N-dealkylation sites (N-methyl/N-ethyl adjacent to an activating group) is 1. The first kappa shape index (κ1) is 14.8. The second-order valence-corrected chi connectivity index (χ2v) is 5.25. The highest BCUT2D eigenvalue weighted by atomic mass is 16.5. The zero-order valence-electron chi connectivity index (χ0n) is 12.2. The van der Waals surface area contributed by atoms with Crippen molar-refractivity contribution in [1.82, 2.24) is 4.90 Å². The molecule has 1 aromatic carbocycles. The van der Waals surface area contributed by atoms with E-state index < -0.39 is 6.04 Å². The number of para-hydroxylation sites is 1. The Kier molecular flexibility index (Phi) is 4.98. The van der Waals surface area contributed by atoms with Crippen LogP contribution in [0.25, 0.3) is 0 Å². The van der Waals surface area contributed by atoms with Gasteiger partial charge in [0.1, 0.15) is 6.04 Å². The van der Waals surface area contributed by atoms with Gasteiger partial charge >= 0.3 is 5.97 Å². The van der Waals surface area contributed by atoms with E-state index in [0.29, 0.717) is 6.42 Å². The van der Waals surface area contributed by atoms with E-state index in [1.54, 1.807) is 0 Å². The lowest BCUT2D eigenvalue weighted by Gasteiger charge is -2.35. The maximum absolute atomic E-state index is 11.5. The normalized spacial score (nSPS) is 17.9. The lowest BCUT2D eigenvalue weighted by molar-refractivity contribution is -0.142. The van der Waals surface area contributed by atoms with Crippen LogP contribution in [0.2, 0.25) is 0 Å². The number of nitrogens with two attached hydrogens (primary N) is 1. The highest BCUT2D eigenvalue weighted by molar-refractivity contribution is 5.76. The van der Waals surface area contributed by atoms with E-state index in [-0.39, 0.29) is 5.97 Å². The molecule has 0 amide bonds. The van der Waals surface area contributed by atoms with Crippen LogP contribution in [0.15, 0.2) is 24.3 Å². The molecule has 5 heteroatoms. The van der Waals surface area contributed by atoms with Crippen molar-refractivity contribution in [1.29, 1.82) is 0 Å². The van der Waals surface area contributed by atoms with E-state index in [2.05, 4.69) is 22.9 Å². The number of piperazine rings is 1. The van der Waals surface area contributed by atoms with Crippen LogP contribution >= 0.6 is 0 Å². The van der Waals surface area contributed by atoms with Crippen molar-refractivity contribution in [2.24, 2.45) is 5.73 Å². The number of hydrogen-bond acceptors (Lipinski definition) is 5. The Morgan fingerprint density at radius 1 is 1.30 bits per heavy atom. The highest BCUT2D eigenvalue weighted by Crippen LogP contribution is 2.22. The quantitative estimate of drug-likeness (QED) is 0.811. The molecule has 0 spiro atoms. The fraction of sp³-hybridized carbons (Fsp3) is 0.533. The molecule has 110 valence electrons. The third kappa shape index (κ3) is 3.49. The molecule has 2 N–H and O–H groups in total. The summed E-state index contributed by atoms with van der Waals surface area (Å²) in [5, 5.41) is 0. The monoisotopic (exact) mass is 277 g/mol. The van der Waals surface area contributed by atoms with Gasteiger partial charge in [0, 0.05) is 38.3 Å². The van der Waals surface area contributed by atoms with Gasteiger partial charge in [0.2, 0.25) is 0 Å². The summed E-state index contributed by atoms with van der Waals surface area (Å²) in [6.07, 6.45) is 0.509. The fourth-order valence-electron chi connectivity index (χ4n) is 2.51. The van der Waals surface area contributed by atoms with Crippen LogP contribution in [0.4, 0.5) is 5.69 Å². The minimum absolute atomic E-state index is 0.363. The number of carbonyl (C=O) groups excluding carboxylic acids is 1. The molecule has 1 heterocycles. The molecular weight excluding hydrogens is 254 g/mol. The van der Waals surface area contributed by atoms with Crippen molar-refractivity contribution < 1.29 is 9.53 Å². The van der Waals surface area contributed by atoms with Crippen molar-refractivity contribution in [3.05, 3.63) is 29.8 Å². The molecule has 0 saturated carbocycles. The Labute approximate surface area is 120 Å². The molecule has 0 bridgehead atoms. The summed E-state index contributed by atoms with van der Waals surface area (Å²) in [6.45, 7) is 4.11. The van der Waals surface area contributed by atoms with Crippen molar-refractivity contribution >= 4 is 11.7 Å². The van der Waals surface area contributed by atoms with Gasteiger partial charge in [0.05, 0.1) is 7.11 Å². The molecule has 1 aliphatic rings. The molecular formula is C15H23N3O2. The summed E-state index contributed by atoms with van der Waals surface area (Å²) in [5.74, 6) is -0.363. The van der Waals surface area contributed by atoms with Crippen LogP contribution in [0.3, 0.4) is 0 Å². The predicted octanol–water partition coefficient (Wildman–Crippen LogP) is 0.481. The number of esters is 1. The summed E-state index contributed by atoms with van der Waals surface area (Å²) in [4.78, 5) is 16.2. The highest BCUT2D eigenvalue weighted by Gasteiger charge is 2.20. The molecule has 1 unspecified atom stereocenters. The van der Waals surface area contributed by atoms with Gasteiger partial charge in [-0.1, -0.05) is 18.2 Å². The molecule has 1 fully saturated rings. The second kappa shape index (κ2) is 6.72. The Morgan fingerprint density at radius 3 is 2.60 bits per heavy atom. The number of hydrogen-bond donors (Lipinski definition) is 1. The number of benzene rings is 1. The van der Waals surface area contributed by atoms with Gasteiger partial charge in [0.15, 0.2) is 0 Å². The van der Waals surface area contributed by atoms with Crippen LogP contribution in [-0.4, -0.2) is 57.2 Å². The number of methoxy groups -OCH3 is 1. The zero-order chi connectivity index (χ0) is 14.5. The standard InChI is InChI=1S/C15H23N3O2/c1-17-7-9-18(10-8-17)14-6-4-3-5-12(14)11-13(16)15(19)20-2/h3-6,13H,7-11,16H2,1-2H3. The Morgan fingerprint density at radius 2 is 1.95 bits per heavy atom. The number of rotatable bonds is 4. The van der Waals surface area contributed by atoms with Crippen molar-refractivity contribution in [2.45, 2.75) is 12.5 Å². The smallest absolute Gasteiger partial charge is 0.322 e. The summed E-state index contributed by atoms with van der Waals surface area (Å²) >= 11 is 0. The summed E-state index contributed by atoms with van der Waals surface area (Å²) < 4.78 is 4.70. The molecule has 2 rings (SSSR count). The van der Waals surface area contributed by atoms with Crippen LogP contribution in [0.5, 0.6) is 0 Å². The largest absolute Gasteiger partial charge is 0.468 e. The van der Waals surface area contributed by atoms with E-state index >= 15 is 0 Å². The first-order chi connectivity index (χ1) is 9.61. The first-order valence-electron chi connectivity index (χ1n) is 6.96. The molecule has 1 atom stereocenters. The van der Waals surface area contributed by atoms with E-state index in [1.807, 2.05) is 18.2 Å². The summed E-state index contributed by atoms with van der Waals surface area (Å²) in [7, 11) is 3.50. The van der Waals surface area contributed by atoms with Gasteiger partial charge in [-0.25, -0.2) is 0 Å². The Balaban J connectivity index is 2.12. The third-order valence-electron chi connectivity index (χ3n) is 3.78. The first-order valence-corrected chi connectivity index (χ1v) is 6.96. The maximum Gasteiger partial charge on any atom is 0.322 e. The molecule has 1 aliphatic heterocycles. The van der Waals surface area contributed by atoms with E-state index in [9.17, 15) is 4.79 Å². The second-order valence-electron chi connectivity index (χ2n) is 5.25. The van der Waals surface area contributed by atoms with Gasteiger partial charge in [-0.15, -0.1) is 0 Å². The average molecular weight is 277 g/mol. The number of ether oxygens (including phenoxy) is 1. The van der Waals surface area contributed by atoms with Crippen LogP contribution in [0.1, 0.15) is 5.56 Å². The minimum Gasteiger partial charge on any atom is -0.468 e. The lowest BCUT2D eigenvalue weighted by atomic mass is 10.0. The third-order valence-corrected chi connectivity index (χ3v) is 3.78. The van der Waals surface area contributed by atoms with Gasteiger partial charge in [-0.2, -0.15) is 0 Å². The fourth-order valence-corrected chi connectivity index (χ4v) is 2.51. The summed E-state index contributed by atoms with van der Waals surface area (Å²) in [5.41, 5.74) is 8.17. The predicted molar refractivity (Wildman–Crippen MR) is 79.8 cm³/mol. The van der Waals surface area contributed by atoms with Crippen molar-refractivity contribution in [3.63, 3.8) is 0 Å². The molecule has 0 aromatic heterocycles. The zero-order valence-corrected chi connectivity index (χ0v) is 12.2.